The Labute approximate surface area is 91.7 Å². The van der Waals surface area contributed by atoms with Gasteiger partial charge in [-0.3, -0.25) is 4.79 Å². The first-order valence-electron chi connectivity index (χ1n) is 5.68. The number of aliphatic hydroxyl groups is 1. The second-order valence-corrected chi connectivity index (χ2v) is 3.92. The van der Waals surface area contributed by atoms with Crippen LogP contribution >= 0.6 is 0 Å². The summed E-state index contributed by atoms with van der Waals surface area (Å²) in [6, 6.07) is 0. The van der Waals surface area contributed by atoms with Crippen molar-refractivity contribution in [3.8, 4) is 0 Å². The van der Waals surface area contributed by atoms with Gasteiger partial charge in [0, 0.05) is 12.0 Å². The lowest BCUT2D eigenvalue weighted by molar-refractivity contribution is -0.137. The first-order chi connectivity index (χ1) is 7.10. The molecule has 0 aromatic heterocycles. The Hall–Kier alpha value is -0.610. The molecule has 90 valence electrons. The molecular weight excluding hydrogens is 194 g/mol. The summed E-state index contributed by atoms with van der Waals surface area (Å²) in [5.41, 5.74) is -0.177. The molecule has 0 aromatic rings. The fourth-order valence-electron chi connectivity index (χ4n) is 1.53. The van der Waals surface area contributed by atoms with Crippen LogP contribution < -0.4 is 5.32 Å². The average Bonchev–Trinajstić information content (AvgIpc) is 2.24. The molecule has 15 heavy (non-hydrogen) atoms. The lowest BCUT2D eigenvalue weighted by Gasteiger charge is -2.30. The first kappa shape index (κ1) is 14.4. The number of unbranched alkanes of at least 4 members (excludes halogenated alkanes) is 1. The molecule has 0 fully saturated rings. The van der Waals surface area contributed by atoms with Crippen LogP contribution in [0.4, 0.5) is 0 Å². The number of hydrogen-bond donors (Lipinski definition) is 3. The zero-order chi connectivity index (χ0) is 11.7. The number of carboxylic acids is 1. The van der Waals surface area contributed by atoms with E-state index in [0.717, 1.165) is 25.8 Å². The molecule has 0 amide bonds. The summed E-state index contributed by atoms with van der Waals surface area (Å²) in [6.07, 6.45) is 3.54. The lowest BCUT2D eigenvalue weighted by Crippen LogP contribution is -2.47. The summed E-state index contributed by atoms with van der Waals surface area (Å²) in [4.78, 5) is 10.3. The van der Waals surface area contributed by atoms with E-state index in [-0.39, 0.29) is 18.6 Å². The van der Waals surface area contributed by atoms with Gasteiger partial charge in [0.25, 0.3) is 0 Å². The molecule has 0 aromatic carbocycles. The summed E-state index contributed by atoms with van der Waals surface area (Å²) in [7, 11) is 0. The molecule has 4 heteroatoms. The standard InChI is InChI=1S/C11H23NO3/c1-3-11(4-2,9-13)12-8-6-5-7-10(14)15/h12-13H,3-9H2,1-2H3,(H,14,15). The lowest BCUT2D eigenvalue weighted by atomic mass is 9.94. The van der Waals surface area contributed by atoms with Gasteiger partial charge in [-0.2, -0.15) is 0 Å². The van der Waals surface area contributed by atoms with Gasteiger partial charge in [-0.15, -0.1) is 0 Å². The molecule has 3 N–H and O–H groups in total. The zero-order valence-electron chi connectivity index (χ0n) is 9.75. The van der Waals surface area contributed by atoms with Crippen LogP contribution in [-0.2, 0) is 4.79 Å². The fourth-order valence-corrected chi connectivity index (χ4v) is 1.53. The van der Waals surface area contributed by atoms with Gasteiger partial charge in [0.2, 0.25) is 0 Å². The van der Waals surface area contributed by atoms with Crippen molar-refractivity contribution in [1.29, 1.82) is 0 Å². The van der Waals surface area contributed by atoms with Crippen molar-refractivity contribution >= 4 is 5.97 Å². The van der Waals surface area contributed by atoms with Crippen LogP contribution in [0.5, 0.6) is 0 Å². The number of hydrogen-bond acceptors (Lipinski definition) is 3. The van der Waals surface area contributed by atoms with Crippen LogP contribution in [-0.4, -0.2) is 34.9 Å². The summed E-state index contributed by atoms with van der Waals surface area (Å²) < 4.78 is 0. The van der Waals surface area contributed by atoms with Crippen molar-refractivity contribution in [2.24, 2.45) is 0 Å². The van der Waals surface area contributed by atoms with Gasteiger partial charge >= 0.3 is 5.97 Å². The van der Waals surface area contributed by atoms with E-state index < -0.39 is 5.97 Å². The normalized spacial score (nSPS) is 11.7. The molecule has 0 bridgehead atoms. The van der Waals surface area contributed by atoms with Gasteiger partial charge in [-0.1, -0.05) is 13.8 Å². The quantitative estimate of drug-likeness (QED) is 0.510. The number of carboxylic acid groups (broad SMARTS) is 1. The molecule has 0 spiro atoms. The van der Waals surface area contributed by atoms with E-state index in [9.17, 15) is 9.90 Å². The molecule has 0 aliphatic rings. The third-order valence-electron chi connectivity index (χ3n) is 2.97. The van der Waals surface area contributed by atoms with Crippen LogP contribution in [0.3, 0.4) is 0 Å². The van der Waals surface area contributed by atoms with Gasteiger partial charge in [0.1, 0.15) is 0 Å². The van der Waals surface area contributed by atoms with E-state index in [4.69, 9.17) is 5.11 Å². The Balaban J connectivity index is 3.67. The van der Waals surface area contributed by atoms with Gasteiger partial charge in [0.05, 0.1) is 6.61 Å². The van der Waals surface area contributed by atoms with E-state index in [2.05, 4.69) is 5.32 Å². The number of aliphatic carboxylic acids is 1. The van der Waals surface area contributed by atoms with Gasteiger partial charge in [-0.05, 0) is 32.2 Å². The van der Waals surface area contributed by atoms with Crippen LogP contribution in [0.15, 0.2) is 0 Å². The highest BCUT2D eigenvalue weighted by Gasteiger charge is 2.23. The fraction of sp³-hybridized carbons (Fsp3) is 0.909. The van der Waals surface area contributed by atoms with E-state index in [1.807, 2.05) is 13.8 Å². The second kappa shape index (κ2) is 7.65. The zero-order valence-corrected chi connectivity index (χ0v) is 9.75. The predicted octanol–water partition coefficient (Wildman–Crippen LogP) is 1.38. The molecule has 0 atom stereocenters. The van der Waals surface area contributed by atoms with Crippen molar-refractivity contribution < 1.29 is 15.0 Å². The van der Waals surface area contributed by atoms with E-state index in [0.29, 0.717) is 6.42 Å². The van der Waals surface area contributed by atoms with Gasteiger partial charge in [-0.25, -0.2) is 0 Å². The van der Waals surface area contributed by atoms with Crippen molar-refractivity contribution in [3.63, 3.8) is 0 Å². The molecule has 4 nitrogen and oxygen atoms in total. The van der Waals surface area contributed by atoms with Crippen molar-refractivity contribution in [2.45, 2.75) is 51.5 Å². The molecule has 0 heterocycles. The minimum absolute atomic E-state index is 0.138. The van der Waals surface area contributed by atoms with E-state index >= 15 is 0 Å². The largest absolute Gasteiger partial charge is 0.481 e. The monoisotopic (exact) mass is 217 g/mol. The molecule has 0 radical (unpaired) electrons. The molecule has 0 aliphatic heterocycles. The highest BCUT2D eigenvalue weighted by atomic mass is 16.4. The minimum Gasteiger partial charge on any atom is -0.481 e. The van der Waals surface area contributed by atoms with E-state index in [1.54, 1.807) is 0 Å². The highest BCUT2D eigenvalue weighted by molar-refractivity contribution is 5.66. The smallest absolute Gasteiger partial charge is 0.303 e. The van der Waals surface area contributed by atoms with Crippen molar-refractivity contribution in [3.05, 3.63) is 0 Å². The predicted molar refractivity (Wildman–Crippen MR) is 59.9 cm³/mol. The number of nitrogens with one attached hydrogen (secondary N) is 1. The Morgan fingerprint density at radius 1 is 1.27 bits per heavy atom. The first-order valence-corrected chi connectivity index (χ1v) is 5.68. The van der Waals surface area contributed by atoms with E-state index in [1.165, 1.54) is 0 Å². The molecule has 0 saturated carbocycles. The highest BCUT2D eigenvalue weighted by Crippen LogP contribution is 2.13. The SMILES string of the molecule is CCC(CC)(CO)NCCCCC(=O)O. The van der Waals surface area contributed by atoms with Gasteiger partial charge in [0.15, 0.2) is 0 Å². The van der Waals surface area contributed by atoms with Crippen LogP contribution in [0.25, 0.3) is 0 Å². The third-order valence-corrected chi connectivity index (χ3v) is 2.97. The average molecular weight is 217 g/mol. The summed E-state index contributed by atoms with van der Waals surface area (Å²) in [5.74, 6) is -0.741. The second-order valence-electron chi connectivity index (χ2n) is 3.92. The maximum atomic E-state index is 10.3. The van der Waals surface area contributed by atoms with Crippen molar-refractivity contribution in [1.82, 2.24) is 5.32 Å². The maximum absolute atomic E-state index is 10.3. The Kier molecular flexibility index (Phi) is 7.34. The summed E-state index contributed by atoms with van der Waals surface area (Å²) in [5, 5.41) is 21.0. The molecule has 0 unspecified atom stereocenters. The molecule has 0 saturated heterocycles. The Morgan fingerprint density at radius 2 is 1.87 bits per heavy atom. The number of carbonyl (C=O) groups is 1. The van der Waals surface area contributed by atoms with Crippen LogP contribution in [0, 0.1) is 0 Å². The third kappa shape index (κ3) is 5.74. The van der Waals surface area contributed by atoms with Crippen molar-refractivity contribution in [2.75, 3.05) is 13.2 Å². The minimum atomic E-state index is -0.741. The summed E-state index contributed by atoms with van der Waals surface area (Å²) in [6.45, 7) is 5.00. The summed E-state index contributed by atoms with van der Waals surface area (Å²) >= 11 is 0. The Morgan fingerprint density at radius 3 is 2.27 bits per heavy atom. The van der Waals surface area contributed by atoms with Crippen LogP contribution in [0.2, 0.25) is 0 Å². The van der Waals surface area contributed by atoms with Crippen LogP contribution in [0.1, 0.15) is 46.0 Å². The molecule has 0 aliphatic carbocycles. The topological polar surface area (TPSA) is 69.6 Å². The Bertz CT molecular complexity index is 170. The maximum Gasteiger partial charge on any atom is 0.303 e. The molecule has 0 rings (SSSR count). The number of rotatable bonds is 9. The number of aliphatic hydroxyl groups excluding tert-OH is 1. The molecular formula is C11H23NO3. The van der Waals surface area contributed by atoms with Gasteiger partial charge < -0.3 is 15.5 Å².